The predicted molar refractivity (Wildman–Crippen MR) is 48.3 cm³/mol. The molecule has 0 saturated carbocycles. The molecule has 1 aromatic carbocycles. The molecule has 0 fully saturated rings. The topological polar surface area (TPSA) is 43.1 Å². The zero-order chi connectivity index (χ0) is 8.67. The summed E-state index contributed by atoms with van der Waals surface area (Å²) in [5, 5.41) is 4.11. The van der Waals surface area contributed by atoms with Gasteiger partial charge in [-0.15, -0.1) is 0 Å². The number of hydrogen-bond donors (Lipinski definition) is 0. The van der Waals surface area contributed by atoms with Crippen molar-refractivity contribution in [1.29, 1.82) is 0 Å². The Hall–Kier alpha value is -1.97. The fraction of sp³-hybridized carbons (Fsp3) is 0. The van der Waals surface area contributed by atoms with Crippen molar-refractivity contribution in [1.82, 2.24) is 19.6 Å². The minimum absolute atomic E-state index is 0.781. The number of hydrogen-bond acceptors (Lipinski definition) is 3. The van der Waals surface area contributed by atoms with E-state index in [0.717, 1.165) is 16.7 Å². The maximum Gasteiger partial charge on any atom is 0.173 e. The average Bonchev–Trinajstić information content (AvgIpc) is 2.56. The van der Waals surface area contributed by atoms with E-state index in [0.29, 0.717) is 0 Å². The third-order valence-corrected chi connectivity index (χ3v) is 1.99. The molecular weight excluding hydrogens is 164 g/mol. The highest BCUT2D eigenvalue weighted by atomic mass is 15.3. The molecule has 2 aromatic heterocycles. The standard InChI is InChI=1S/C9H6N4/c1-2-4-8-7(3-1)12-9-5-10-6-11-13(8)9/h1-6H. The summed E-state index contributed by atoms with van der Waals surface area (Å²) < 4.78 is 1.78. The molecule has 13 heavy (non-hydrogen) atoms. The van der Waals surface area contributed by atoms with E-state index in [9.17, 15) is 0 Å². The number of benzene rings is 1. The second-order valence-electron chi connectivity index (χ2n) is 2.78. The molecule has 4 nitrogen and oxygen atoms in total. The first kappa shape index (κ1) is 6.54. The number of aromatic nitrogens is 4. The Morgan fingerprint density at radius 1 is 1.15 bits per heavy atom. The van der Waals surface area contributed by atoms with Crippen molar-refractivity contribution >= 4 is 16.7 Å². The van der Waals surface area contributed by atoms with E-state index in [2.05, 4.69) is 15.1 Å². The molecule has 3 rings (SSSR count). The number of nitrogens with zero attached hydrogens (tertiary/aromatic N) is 4. The van der Waals surface area contributed by atoms with Crippen LogP contribution in [0.1, 0.15) is 0 Å². The minimum Gasteiger partial charge on any atom is -0.239 e. The van der Waals surface area contributed by atoms with Crippen molar-refractivity contribution in [2.45, 2.75) is 0 Å². The molecule has 0 aliphatic heterocycles. The van der Waals surface area contributed by atoms with E-state index in [4.69, 9.17) is 0 Å². The summed E-state index contributed by atoms with van der Waals surface area (Å²) in [5.41, 5.74) is 2.74. The Balaban J connectivity index is 2.64. The predicted octanol–water partition coefficient (Wildman–Crippen LogP) is 1.28. The Morgan fingerprint density at radius 2 is 2.08 bits per heavy atom. The van der Waals surface area contributed by atoms with Gasteiger partial charge < -0.3 is 0 Å². The molecule has 4 heteroatoms. The Morgan fingerprint density at radius 3 is 3.08 bits per heavy atom. The summed E-state index contributed by atoms with van der Waals surface area (Å²) in [5.74, 6) is 0. The Labute approximate surface area is 73.9 Å². The third kappa shape index (κ3) is 0.823. The fourth-order valence-electron chi connectivity index (χ4n) is 1.42. The van der Waals surface area contributed by atoms with Gasteiger partial charge in [0.15, 0.2) is 5.65 Å². The van der Waals surface area contributed by atoms with Crippen molar-refractivity contribution in [3.8, 4) is 0 Å². The molecule has 0 amide bonds. The third-order valence-electron chi connectivity index (χ3n) is 1.99. The molecule has 62 valence electrons. The van der Waals surface area contributed by atoms with Crippen LogP contribution in [0.15, 0.2) is 36.8 Å². The lowest BCUT2D eigenvalue weighted by molar-refractivity contribution is 0.922. The van der Waals surface area contributed by atoms with Crippen LogP contribution in [0.5, 0.6) is 0 Å². The monoisotopic (exact) mass is 170 g/mol. The van der Waals surface area contributed by atoms with Crippen LogP contribution in [0, 0.1) is 0 Å². The van der Waals surface area contributed by atoms with Gasteiger partial charge in [-0.05, 0) is 12.1 Å². The SMILES string of the molecule is c1ccc2c(c1)nc1cncnn12. The molecule has 0 aliphatic rings. The number of fused-ring (bicyclic) bond motifs is 3. The van der Waals surface area contributed by atoms with E-state index >= 15 is 0 Å². The quantitative estimate of drug-likeness (QED) is 0.510. The van der Waals surface area contributed by atoms with Crippen LogP contribution < -0.4 is 0 Å². The highest BCUT2D eigenvalue weighted by molar-refractivity contribution is 5.79. The molecule has 0 atom stereocenters. The van der Waals surface area contributed by atoms with E-state index in [1.807, 2.05) is 24.3 Å². The van der Waals surface area contributed by atoms with Crippen LogP contribution in [0.4, 0.5) is 0 Å². The molecule has 0 aliphatic carbocycles. The Bertz CT molecular complexity index is 519. The van der Waals surface area contributed by atoms with Crippen molar-refractivity contribution in [2.24, 2.45) is 0 Å². The zero-order valence-corrected chi connectivity index (χ0v) is 6.75. The van der Waals surface area contributed by atoms with Crippen LogP contribution in [0.2, 0.25) is 0 Å². The second kappa shape index (κ2) is 2.26. The molecule has 0 N–H and O–H groups in total. The molecule has 3 aromatic rings. The van der Waals surface area contributed by atoms with Crippen molar-refractivity contribution in [3.05, 3.63) is 36.8 Å². The van der Waals surface area contributed by atoms with E-state index in [-0.39, 0.29) is 0 Å². The zero-order valence-electron chi connectivity index (χ0n) is 6.75. The summed E-state index contributed by atoms with van der Waals surface area (Å²) in [6.07, 6.45) is 3.22. The lowest BCUT2D eigenvalue weighted by atomic mass is 10.3. The summed E-state index contributed by atoms with van der Waals surface area (Å²) in [6, 6.07) is 7.88. The maximum atomic E-state index is 4.35. The molecule has 0 radical (unpaired) electrons. The smallest absolute Gasteiger partial charge is 0.173 e. The summed E-state index contributed by atoms with van der Waals surface area (Å²) in [6.45, 7) is 0. The van der Waals surface area contributed by atoms with Crippen molar-refractivity contribution in [3.63, 3.8) is 0 Å². The number of para-hydroxylation sites is 2. The minimum atomic E-state index is 0.781. The van der Waals surface area contributed by atoms with Crippen LogP contribution in [-0.4, -0.2) is 19.6 Å². The van der Waals surface area contributed by atoms with Gasteiger partial charge in [-0.3, -0.25) is 0 Å². The molecule has 0 unspecified atom stereocenters. The number of imidazole rings is 1. The summed E-state index contributed by atoms with van der Waals surface area (Å²) in [4.78, 5) is 8.27. The lowest BCUT2D eigenvalue weighted by Crippen LogP contribution is -1.90. The molecular formula is C9H6N4. The average molecular weight is 170 g/mol. The van der Waals surface area contributed by atoms with Gasteiger partial charge in [0.25, 0.3) is 0 Å². The van der Waals surface area contributed by atoms with Gasteiger partial charge in [-0.25, -0.2) is 14.5 Å². The second-order valence-corrected chi connectivity index (χ2v) is 2.78. The highest BCUT2D eigenvalue weighted by Crippen LogP contribution is 2.12. The van der Waals surface area contributed by atoms with Crippen LogP contribution >= 0.6 is 0 Å². The lowest BCUT2D eigenvalue weighted by Gasteiger charge is -1.89. The van der Waals surface area contributed by atoms with Gasteiger partial charge in [0.1, 0.15) is 6.33 Å². The van der Waals surface area contributed by atoms with Crippen LogP contribution in [0.25, 0.3) is 16.7 Å². The van der Waals surface area contributed by atoms with Gasteiger partial charge >= 0.3 is 0 Å². The maximum absolute atomic E-state index is 4.35. The van der Waals surface area contributed by atoms with E-state index < -0.39 is 0 Å². The van der Waals surface area contributed by atoms with Crippen molar-refractivity contribution < 1.29 is 0 Å². The van der Waals surface area contributed by atoms with Crippen LogP contribution in [-0.2, 0) is 0 Å². The van der Waals surface area contributed by atoms with E-state index in [1.54, 1.807) is 10.7 Å². The highest BCUT2D eigenvalue weighted by Gasteiger charge is 2.02. The molecule has 0 bridgehead atoms. The molecule has 0 spiro atoms. The fourth-order valence-corrected chi connectivity index (χ4v) is 1.42. The van der Waals surface area contributed by atoms with E-state index in [1.165, 1.54) is 6.33 Å². The van der Waals surface area contributed by atoms with Gasteiger partial charge in [-0.1, -0.05) is 12.1 Å². The largest absolute Gasteiger partial charge is 0.239 e. The van der Waals surface area contributed by atoms with Crippen LogP contribution in [0.3, 0.4) is 0 Å². The van der Waals surface area contributed by atoms with Gasteiger partial charge in [0.2, 0.25) is 0 Å². The summed E-state index contributed by atoms with van der Waals surface area (Å²) in [7, 11) is 0. The number of rotatable bonds is 0. The first-order valence-electron chi connectivity index (χ1n) is 3.99. The Kier molecular flexibility index (Phi) is 1.14. The first-order chi connectivity index (χ1) is 6.45. The summed E-state index contributed by atoms with van der Waals surface area (Å²) >= 11 is 0. The first-order valence-corrected chi connectivity index (χ1v) is 3.99. The van der Waals surface area contributed by atoms with Crippen molar-refractivity contribution in [2.75, 3.05) is 0 Å². The van der Waals surface area contributed by atoms with Gasteiger partial charge in [0.05, 0.1) is 17.2 Å². The molecule has 0 saturated heterocycles. The van der Waals surface area contributed by atoms with Gasteiger partial charge in [0, 0.05) is 0 Å². The van der Waals surface area contributed by atoms with Gasteiger partial charge in [-0.2, -0.15) is 5.10 Å². The normalized spacial score (nSPS) is 11.1. The molecule has 2 heterocycles.